The maximum Gasteiger partial charge on any atom is 0.234 e. The number of benzene rings is 2. The summed E-state index contributed by atoms with van der Waals surface area (Å²) in [6.07, 6.45) is 11.2. The first-order valence-electron chi connectivity index (χ1n) is 11.3. The molecule has 5 rings (SSSR count). The van der Waals surface area contributed by atoms with Crippen LogP contribution in [0.5, 0.6) is 0 Å². The van der Waals surface area contributed by atoms with Crippen LogP contribution in [0, 0.1) is 6.92 Å². The summed E-state index contributed by atoms with van der Waals surface area (Å²) < 4.78 is 0. The van der Waals surface area contributed by atoms with Crippen LogP contribution < -0.4 is 5.32 Å². The Balaban J connectivity index is 1.41. The van der Waals surface area contributed by atoms with Crippen molar-refractivity contribution in [2.45, 2.75) is 75.4 Å². The molecule has 29 heavy (non-hydrogen) atoms. The highest BCUT2D eigenvalue weighted by atomic mass is 32.2. The van der Waals surface area contributed by atoms with Crippen LogP contribution in [0.3, 0.4) is 0 Å². The molecule has 1 amide bonds. The number of aryl methyl sites for hydroxylation is 3. The molecule has 1 atom stereocenters. The van der Waals surface area contributed by atoms with Gasteiger partial charge in [-0.15, -0.1) is 11.8 Å². The van der Waals surface area contributed by atoms with Gasteiger partial charge in [0.2, 0.25) is 5.91 Å². The van der Waals surface area contributed by atoms with Gasteiger partial charge >= 0.3 is 0 Å². The molecule has 0 radical (unpaired) electrons. The zero-order chi connectivity index (χ0) is 19.8. The van der Waals surface area contributed by atoms with Crippen molar-refractivity contribution >= 4 is 23.4 Å². The average molecular weight is 406 g/mol. The summed E-state index contributed by atoms with van der Waals surface area (Å²) in [4.78, 5) is 12.8. The van der Waals surface area contributed by atoms with Gasteiger partial charge in [-0.3, -0.25) is 4.79 Å². The molecule has 1 saturated carbocycles. The van der Waals surface area contributed by atoms with E-state index in [1.807, 2.05) is 11.8 Å². The van der Waals surface area contributed by atoms with Gasteiger partial charge in [0.25, 0.3) is 0 Å². The summed E-state index contributed by atoms with van der Waals surface area (Å²) in [5.74, 6) is 0.746. The zero-order valence-electron chi connectivity index (χ0n) is 17.4. The van der Waals surface area contributed by atoms with Gasteiger partial charge in [0.15, 0.2) is 0 Å². The lowest BCUT2D eigenvalue weighted by molar-refractivity contribution is -0.113. The maximum absolute atomic E-state index is 12.8. The molecule has 0 saturated heterocycles. The third-order valence-electron chi connectivity index (χ3n) is 7.39. The summed E-state index contributed by atoms with van der Waals surface area (Å²) in [6.45, 7) is 2.26. The number of hydrogen-bond acceptors (Lipinski definition) is 2. The third kappa shape index (κ3) is 3.42. The molecule has 1 spiro atoms. The highest BCUT2D eigenvalue weighted by Crippen LogP contribution is 2.55. The number of amides is 1. The molecule has 0 heterocycles. The van der Waals surface area contributed by atoms with E-state index in [-0.39, 0.29) is 11.3 Å². The van der Waals surface area contributed by atoms with Crippen LogP contribution in [-0.4, -0.2) is 16.9 Å². The second-order valence-corrected chi connectivity index (χ2v) is 10.4. The Morgan fingerprint density at radius 1 is 1.00 bits per heavy atom. The molecule has 3 aliphatic carbocycles. The number of nitrogens with one attached hydrogen (secondary N) is 1. The van der Waals surface area contributed by atoms with Gasteiger partial charge in [0.1, 0.15) is 0 Å². The molecule has 152 valence electrons. The van der Waals surface area contributed by atoms with E-state index in [0.29, 0.717) is 11.0 Å². The van der Waals surface area contributed by atoms with Crippen molar-refractivity contribution < 1.29 is 4.79 Å². The number of thioether (sulfide) groups is 1. The lowest BCUT2D eigenvalue weighted by atomic mass is 9.74. The van der Waals surface area contributed by atoms with E-state index < -0.39 is 0 Å². The summed E-state index contributed by atoms with van der Waals surface area (Å²) in [7, 11) is 0. The number of fused-ring (bicyclic) bond motifs is 4. The van der Waals surface area contributed by atoms with Gasteiger partial charge in [-0.1, -0.05) is 49.6 Å². The molecule has 0 bridgehead atoms. The number of anilines is 1. The SMILES string of the molecule is Cc1cccc2c1[C@@]1(CC2)CCc2cccc(NC(=O)CSC3CCCCC3)c21. The number of carbonyl (C=O) groups excluding carboxylic acids is 1. The van der Waals surface area contributed by atoms with Gasteiger partial charge in [-0.05, 0) is 79.3 Å². The maximum atomic E-state index is 12.8. The molecule has 1 N–H and O–H groups in total. The second kappa shape index (κ2) is 7.83. The van der Waals surface area contributed by atoms with E-state index in [0.717, 1.165) is 18.5 Å². The van der Waals surface area contributed by atoms with Crippen LogP contribution in [0.1, 0.15) is 72.8 Å². The number of rotatable bonds is 4. The van der Waals surface area contributed by atoms with Crippen molar-refractivity contribution in [3.8, 4) is 0 Å². The highest BCUT2D eigenvalue weighted by Gasteiger charge is 2.46. The quantitative estimate of drug-likeness (QED) is 0.658. The average Bonchev–Trinajstić information content (AvgIpc) is 3.31. The Hall–Kier alpha value is -1.74. The van der Waals surface area contributed by atoms with Gasteiger partial charge < -0.3 is 5.32 Å². The predicted molar refractivity (Wildman–Crippen MR) is 123 cm³/mol. The molecule has 2 nitrogen and oxygen atoms in total. The van der Waals surface area contributed by atoms with E-state index in [1.165, 1.54) is 72.8 Å². The molecule has 0 unspecified atom stereocenters. The summed E-state index contributed by atoms with van der Waals surface area (Å²) in [5.41, 5.74) is 8.44. The van der Waals surface area contributed by atoms with Crippen molar-refractivity contribution in [1.29, 1.82) is 0 Å². The molecule has 2 aromatic carbocycles. The second-order valence-electron chi connectivity index (χ2n) is 9.15. The molecule has 3 heteroatoms. The number of hydrogen-bond donors (Lipinski definition) is 1. The minimum atomic E-state index is 0.0936. The summed E-state index contributed by atoms with van der Waals surface area (Å²) in [6, 6.07) is 13.3. The molecular formula is C26H31NOS. The fourth-order valence-electron chi connectivity index (χ4n) is 6.16. The van der Waals surface area contributed by atoms with Crippen LogP contribution in [0.15, 0.2) is 36.4 Å². The van der Waals surface area contributed by atoms with E-state index in [1.54, 1.807) is 0 Å². The monoisotopic (exact) mass is 405 g/mol. The smallest absolute Gasteiger partial charge is 0.234 e. The molecule has 1 fully saturated rings. The number of carbonyl (C=O) groups is 1. The first kappa shape index (κ1) is 19.2. The first-order chi connectivity index (χ1) is 14.2. The first-order valence-corrected chi connectivity index (χ1v) is 12.3. The summed E-state index contributed by atoms with van der Waals surface area (Å²) in [5, 5.41) is 4.00. The normalized spacial score (nSPS) is 23.2. The lowest BCUT2D eigenvalue weighted by Crippen LogP contribution is -2.25. The van der Waals surface area contributed by atoms with Gasteiger partial charge in [-0.25, -0.2) is 0 Å². The Kier molecular flexibility index (Phi) is 5.19. The zero-order valence-corrected chi connectivity index (χ0v) is 18.2. The summed E-state index contributed by atoms with van der Waals surface area (Å²) >= 11 is 1.86. The standard InChI is InChI=1S/C26H31NOS/c1-18-7-5-8-19-13-15-26(24(18)19)16-14-20-9-6-12-22(25(20)26)27-23(28)17-29-21-10-3-2-4-11-21/h5-9,12,21H,2-4,10-11,13-17H2,1H3,(H,27,28)/t26-/m1/s1. The Bertz CT molecular complexity index is 926. The largest absolute Gasteiger partial charge is 0.325 e. The topological polar surface area (TPSA) is 29.1 Å². The molecule has 3 aliphatic rings. The van der Waals surface area contributed by atoms with Crippen molar-refractivity contribution in [2.75, 3.05) is 11.1 Å². The Morgan fingerprint density at radius 3 is 2.45 bits per heavy atom. The van der Waals surface area contributed by atoms with Crippen LogP contribution >= 0.6 is 11.8 Å². The van der Waals surface area contributed by atoms with Gasteiger partial charge in [0, 0.05) is 16.4 Å². The van der Waals surface area contributed by atoms with Crippen molar-refractivity contribution in [1.82, 2.24) is 0 Å². The molecule has 2 aromatic rings. The molecule has 0 aromatic heterocycles. The Morgan fingerprint density at radius 2 is 1.69 bits per heavy atom. The lowest BCUT2D eigenvalue weighted by Gasteiger charge is -2.30. The van der Waals surface area contributed by atoms with Crippen LogP contribution in [0.2, 0.25) is 0 Å². The van der Waals surface area contributed by atoms with Crippen molar-refractivity contribution in [3.05, 3.63) is 64.2 Å². The Labute approximate surface area is 178 Å². The van der Waals surface area contributed by atoms with E-state index >= 15 is 0 Å². The van der Waals surface area contributed by atoms with Crippen molar-refractivity contribution in [3.63, 3.8) is 0 Å². The molecule has 0 aliphatic heterocycles. The fraction of sp³-hybridized carbons (Fsp3) is 0.500. The van der Waals surface area contributed by atoms with Gasteiger partial charge in [0.05, 0.1) is 5.75 Å². The van der Waals surface area contributed by atoms with E-state index in [4.69, 9.17) is 0 Å². The fourth-order valence-corrected chi connectivity index (χ4v) is 7.28. The minimum absolute atomic E-state index is 0.0936. The van der Waals surface area contributed by atoms with Crippen LogP contribution in [0.4, 0.5) is 5.69 Å². The van der Waals surface area contributed by atoms with E-state index in [2.05, 4.69) is 48.6 Å². The predicted octanol–water partition coefficient (Wildman–Crippen LogP) is 6.18. The highest BCUT2D eigenvalue weighted by molar-refractivity contribution is 8.00. The van der Waals surface area contributed by atoms with Crippen LogP contribution in [0.25, 0.3) is 0 Å². The molecular weight excluding hydrogens is 374 g/mol. The van der Waals surface area contributed by atoms with Crippen molar-refractivity contribution in [2.24, 2.45) is 0 Å². The minimum Gasteiger partial charge on any atom is -0.325 e. The third-order valence-corrected chi connectivity index (χ3v) is 8.76. The van der Waals surface area contributed by atoms with Crippen LogP contribution in [-0.2, 0) is 23.1 Å². The van der Waals surface area contributed by atoms with E-state index in [9.17, 15) is 4.79 Å². The van der Waals surface area contributed by atoms with Gasteiger partial charge in [-0.2, -0.15) is 0 Å².